The fourth-order valence-corrected chi connectivity index (χ4v) is 5.77. The van der Waals surface area contributed by atoms with Crippen molar-refractivity contribution < 1.29 is 9.18 Å². The van der Waals surface area contributed by atoms with Crippen LogP contribution >= 0.6 is 22.6 Å². The maximum atomic E-state index is 14.9. The van der Waals surface area contributed by atoms with E-state index in [1.807, 2.05) is 22.6 Å². The zero-order chi connectivity index (χ0) is 27.8. The van der Waals surface area contributed by atoms with Crippen LogP contribution < -0.4 is 27.9 Å². The van der Waals surface area contributed by atoms with Gasteiger partial charge in [0.15, 0.2) is 0 Å². The minimum absolute atomic E-state index is 0.0841. The van der Waals surface area contributed by atoms with Crippen molar-refractivity contribution in [1.82, 2.24) is 13.7 Å². The van der Waals surface area contributed by atoms with Crippen LogP contribution in [0.25, 0.3) is 16.6 Å². The molecule has 0 spiro atoms. The molecule has 2 aliphatic rings. The van der Waals surface area contributed by atoms with E-state index in [4.69, 9.17) is 5.73 Å². The lowest BCUT2D eigenvalue weighted by molar-refractivity contribution is -0.120. The lowest BCUT2D eigenvalue weighted by Gasteiger charge is -2.21. The molecular formula is C28H25FIN5O4. The zero-order valence-electron chi connectivity index (χ0n) is 21.3. The van der Waals surface area contributed by atoms with E-state index >= 15 is 0 Å². The van der Waals surface area contributed by atoms with Gasteiger partial charge in [-0.15, -0.1) is 0 Å². The van der Waals surface area contributed by atoms with Gasteiger partial charge in [0, 0.05) is 22.2 Å². The maximum Gasteiger partial charge on any atom is 0.336 e. The molecule has 6 rings (SSSR count). The summed E-state index contributed by atoms with van der Waals surface area (Å²) in [6.45, 7) is 1.56. The Morgan fingerprint density at radius 3 is 2.44 bits per heavy atom. The molecule has 0 radical (unpaired) electrons. The fraction of sp³-hybridized carbons (Fsp3) is 0.286. The third kappa shape index (κ3) is 3.93. The smallest absolute Gasteiger partial charge is 0.336 e. The number of aromatic nitrogens is 3. The van der Waals surface area contributed by atoms with Crippen LogP contribution in [0.2, 0.25) is 0 Å². The zero-order valence-corrected chi connectivity index (χ0v) is 23.4. The first-order chi connectivity index (χ1) is 18.5. The third-order valence-corrected chi connectivity index (χ3v) is 8.49. The molecule has 0 saturated heterocycles. The normalized spacial score (nSPS) is 15.9. The minimum atomic E-state index is -0.791. The highest BCUT2D eigenvalue weighted by atomic mass is 127. The van der Waals surface area contributed by atoms with Gasteiger partial charge in [0.05, 0.1) is 22.3 Å². The van der Waals surface area contributed by atoms with Crippen LogP contribution in [0, 0.1) is 16.3 Å². The van der Waals surface area contributed by atoms with Crippen molar-refractivity contribution in [1.29, 1.82) is 0 Å². The largest absolute Gasteiger partial charge is 0.369 e. The predicted octanol–water partition coefficient (Wildman–Crippen LogP) is 3.50. The number of primary amides is 1. The Morgan fingerprint density at radius 2 is 1.82 bits per heavy atom. The average Bonchev–Trinajstić information content (AvgIpc) is 3.81. The summed E-state index contributed by atoms with van der Waals surface area (Å²) in [7, 11) is 1.50. The van der Waals surface area contributed by atoms with Gasteiger partial charge >= 0.3 is 5.69 Å². The van der Waals surface area contributed by atoms with Gasteiger partial charge in [0.1, 0.15) is 17.0 Å². The summed E-state index contributed by atoms with van der Waals surface area (Å²) in [5.41, 5.74) is 4.86. The van der Waals surface area contributed by atoms with Gasteiger partial charge in [-0.2, -0.15) is 0 Å². The summed E-state index contributed by atoms with van der Waals surface area (Å²) in [6.07, 6.45) is 2.56. The summed E-state index contributed by atoms with van der Waals surface area (Å²) in [5.74, 6) is -0.899. The first-order valence-electron chi connectivity index (χ1n) is 12.6. The number of halogens is 2. The number of carbonyl (C=O) groups is 1. The molecule has 0 aliphatic heterocycles. The van der Waals surface area contributed by atoms with Gasteiger partial charge in [-0.3, -0.25) is 28.1 Å². The summed E-state index contributed by atoms with van der Waals surface area (Å²) in [6, 6.07) is 11.3. The number of amides is 1. The Balaban J connectivity index is 1.71. The van der Waals surface area contributed by atoms with Gasteiger partial charge in [0.2, 0.25) is 5.91 Å². The minimum Gasteiger partial charge on any atom is -0.369 e. The standard InChI is InChI=1S/C28H25FIN5O4/c1-14-22-21(23(33(2)24(14)36)32-20-9-6-16(30)13-19(20)29)25(37)35(17-7-8-17)27(39)34(22)18-5-3-4-15(12-18)28(10-11-28)26(31)38/h3-6,9,12-13,17,32H,7-8,10-11H2,1-2H3,(H2,31,38). The molecule has 0 atom stereocenters. The van der Waals surface area contributed by atoms with E-state index in [1.54, 1.807) is 37.3 Å². The Morgan fingerprint density at radius 1 is 1.10 bits per heavy atom. The van der Waals surface area contributed by atoms with E-state index in [-0.39, 0.29) is 34.0 Å². The number of nitrogens with two attached hydrogens (primary N) is 1. The molecule has 11 heteroatoms. The SMILES string of the molecule is Cc1c(=O)n(C)c(Nc2ccc(I)cc2F)c2c(=O)n(C3CC3)c(=O)n(-c3cccc(C4(C(N)=O)CC4)c3)c12. The first kappa shape index (κ1) is 25.5. The highest BCUT2D eigenvalue weighted by Crippen LogP contribution is 2.48. The quantitative estimate of drug-likeness (QED) is 0.313. The molecule has 3 N–H and O–H groups in total. The van der Waals surface area contributed by atoms with Gasteiger partial charge in [-0.25, -0.2) is 9.18 Å². The number of anilines is 2. The number of carbonyl (C=O) groups excluding carboxylic acids is 1. The van der Waals surface area contributed by atoms with E-state index in [2.05, 4.69) is 5.32 Å². The highest BCUT2D eigenvalue weighted by molar-refractivity contribution is 14.1. The highest BCUT2D eigenvalue weighted by Gasteiger charge is 2.50. The van der Waals surface area contributed by atoms with E-state index < -0.39 is 33.9 Å². The van der Waals surface area contributed by atoms with Crippen LogP contribution in [0.1, 0.15) is 42.9 Å². The molecule has 0 unspecified atom stereocenters. The number of hydrogen-bond donors (Lipinski definition) is 2. The van der Waals surface area contributed by atoms with E-state index in [0.29, 0.717) is 40.5 Å². The molecule has 2 aliphatic carbocycles. The van der Waals surface area contributed by atoms with Crippen molar-refractivity contribution in [2.75, 3.05) is 5.32 Å². The summed E-state index contributed by atoms with van der Waals surface area (Å²) >= 11 is 1.99. The van der Waals surface area contributed by atoms with E-state index in [1.165, 1.54) is 32.9 Å². The fourth-order valence-electron chi connectivity index (χ4n) is 5.32. The van der Waals surface area contributed by atoms with Crippen LogP contribution in [0.5, 0.6) is 0 Å². The Hall–Kier alpha value is -3.74. The van der Waals surface area contributed by atoms with Crippen LogP contribution in [0.15, 0.2) is 56.8 Å². The second kappa shape index (κ2) is 8.90. The summed E-state index contributed by atoms with van der Waals surface area (Å²) in [5, 5.41) is 3.06. The number of nitrogens with one attached hydrogen (secondary N) is 1. The molecule has 39 heavy (non-hydrogen) atoms. The molecule has 4 aromatic rings. The Kier molecular flexibility index (Phi) is 5.83. The van der Waals surface area contributed by atoms with Crippen molar-refractivity contribution in [2.45, 2.75) is 44.1 Å². The number of pyridine rings is 1. The second-order valence-corrected chi connectivity index (χ2v) is 11.6. The number of benzene rings is 2. The molecule has 2 heterocycles. The van der Waals surface area contributed by atoms with Crippen molar-refractivity contribution in [2.24, 2.45) is 12.8 Å². The topological polar surface area (TPSA) is 121 Å². The predicted molar refractivity (Wildman–Crippen MR) is 155 cm³/mol. The molecule has 2 aromatic heterocycles. The molecule has 2 fully saturated rings. The lowest BCUT2D eigenvalue weighted by atomic mass is 9.95. The lowest BCUT2D eigenvalue weighted by Crippen LogP contribution is -2.41. The number of hydrogen-bond acceptors (Lipinski definition) is 5. The van der Waals surface area contributed by atoms with E-state index in [0.717, 1.165) is 0 Å². The van der Waals surface area contributed by atoms with Gasteiger partial charge < -0.3 is 11.1 Å². The number of rotatable bonds is 6. The summed E-state index contributed by atoms with van der Waals surface area (Å²) < 4.78 is 19.4. The third-order valence-electron chi connectivity index (χ3n) is 7.82. The molecule has 1 amide bonds. The monoisotopic (exact) mass is 641 g/mol. The first-order valence-corrected chi connectivity index (χ1v) is 13.7. The van der Waals surface area contributed by atoms with Crippen LogP contribution in [0.3, 0.4) is 0 Å². The Bertz CT molecular complexity index is 1900. The number of fused-ring (bicyclic) bond motifs is 1. The van der Waals surface area contributed by atoms with Gasteiger partial charge in [0.25, 0.3) is 11.1 Å². The van der Waals surface area contributed by atoms with Crippen molar-refractivity contribution >= 4 is 50.9 Å². The maximum absolute atomic E-state index is 14.9. The van der Waals surface area contributed by atoms with Crippen molar-refractivity contribution in [3.05, 3.63) is 94.2 Å². The molecule has 2 saturated carbocycles. The second-order valence-electron chi connectivity index (χ2n) is 10.3. The number of nitrogens with zero attached hydrogens (tertiary/aromatic N) is 3. The molecule has 200 valence electrons. The van der Waals surface area contributed by atoms with Gasteiger partial charge in [-0.1, -0.05) is 12.1 Å². The molecular weight excluding hydrogens is 616 g/mol. The molecule has 2 aromatic carbocycles. The van der Waals surface area contributed by atoms with Crippen LogP contribution in [-0.2, 0) is 17.3 Å². The van der Waals surface area contributed by atoms with Crippen LogP contribution in [0.4, 0.5) is 15.9 Å². The number of aryl methyl sites for hydroxylation is 1. The van der Waals surface area contributed by atoms with Gasteiger partial charge in [-0.05, 0) is 91.1 Å². The van der Waals surface area contributed by atoms with Crippen molar-refractivity contribution in [3.63, 3.8) is 0 Å². The van der Waals surface area contributed by atoms with E-state index in [9.17, 15) is 23.6 Å². The molecule has 9 nitrogen and oxygen atoms in total. The molecule has 0 bridgehead atoms. The van der Waals surface area contributed by atoms with Crippen LogP contribution in [-0.4, -0.2) is 19.6 Å². The summed E-state index contributed by atoms with van der Waals surface area (Å²) in [4.78, 5) is 53.6. The Labute approximate surface area is 235 Å². The average molecular weight is 641 g/mol. The van der Waals surface area contributed by atoms with Crippen molar-refractivity contribution in [3.8, 4) is 5.69 Å².